The number of carbonyl (C=O) groups is 1. The molecule has 1 unspecified atom stereocenters. The van der Waals surface area contributed by atoms with E-state index in [0.29, 0.717) is 30.3 Å². The molecule has 186 valence electrons. The third-order valence-electron chi connectivity index (χ3n) is 8.16. The van der Waals surface area contributed by atoms with Gasteiger partial charge in [0.1, 0.15) is 0 Å². The van der Waals surface area contributed by atoms with Gasteiger partial charge < -0.3 is 9.88 Å². The standard InChI is InChI=1S/C30H40N4O/c1-19(2)29-26-17-24(8-9-27(26)32-30(29)25-15-20(3)31-21(4)16-25)23-10-13-33(14-11-23)28(35)18-34-12-6-7-22(34)5/h8-9,15-17,19,22-23,32H,6-7,10-14,18H2,1-5H3. The van der Waals surface area contributed by atoms with E-state index in [1.807, 2.05) is 0 Å². The summed E-state index contributed by atoms with van der Waals surface area (Å²) >= 11 is 0. The Morgan fingerprint density at radius 1 is 1.06 bits per heavy atom. The Labute approximate surface area is 209 Å². The fourth-order valence-electron chi connectivity index (χ4n) is 6.25. The van der Waals surface area contributed by atoms with Gasteiger partial charge in [0.15, 0.2) is 0 Å². The summed E-state index contributed by atoms with van der Waals surface area (Å²) in [7, 11) is 0. The van der Waals surface area contributed by atoms with Gasteiger partial charge in [-0.2, -0.15) is 0 Å². The van der Waals surface area contributed by atoms with Crippen LogP contribution in [0.2, 0.25) is 0 Å². The number of aromatic nitrogens is 2. The summed E-state index contributed by atoms with van der Waals surface area (Å²) in [5, 5.41) is 1.33. The Bertz CT molecular complexity index is 1200. The zero-order chi connectivity index (χ0) is 24.7. The highest BCUT2D eigenvalue weighted by Crippen LogP contribution is 2.38. The number of carbonyl (C=O) groups excluding carboxylic acids is 1. The Kier molecular flexibility index (Phi) is 6.71. The Morgan fingerprint density at radius 2 is 1.77 bits per heavy atom. The van der Waals surface area contributed by atoms with Crippen LogP contribution in [0.3, 0.4) is 0 Å². The van der Waals surface area contributed by atoms with Crippen LogP contribution in [0.15, 0.2) is 30.3 Å². The van der Waals surface area contributed by atoms with Crippen LogP contribution in [-0.2, 0) is 4.79 Å². The van der Waals surface area contributed by atoms with Crippen molar-refractivity contribution in [2.75, 3.05) is 26.2 Å². The number of piperidine rings is 1. The summed E-state index contributed by atoms with van der Waals surface area (Å²) in [5.74, 6) is 1.24. The number of fused-ring (bicyclic) bond motifs is 1. The SMILES string of the molecule is Cc1cc(-c2[nH]c3ccc(C4CCN(C(=O)CN5CCCC5C)CC4)cc3c2C(C)C)cc(C)n1. The lowest BCUT2D eigenvalue weighted by atomic mass is 9.87. The first-order valence-corrected chi connectivity index (χ1v) is 13.4. The molecule has 0 aliphatic carbocycles. The number of hydrogen-bond acceptors (Lipinski definition) is 3. The van der Waals surface area contributed by atoms with E-state index in [0.717, 1.165) is 43.9 Å². The second kappa shape index (κ2) is 9.77. The van der Waals surface area contributed by atoms with Crippen LogP contribution in [0.25, 0.3) is 22.2 Å². The molecule has 2 fully saturated rings. The molecule has 4 heterocycles. The second-order valence-corrected chi connectivity index (χ2v) is 11.1. The maximum atomic E-state index is 12.9. The third kappa shape index (κ3) is 4.88. The third-order valence-corrected chi connectivity index (χ3v) is 8.16. The van der Waals surface area contributed by atoms with Gasteiger partial charge in [-0.05, 0) is 100 Å². The van der Waals surface area contributed by atoms with Gasteiger partial charge in [-0.1, -0.05) is 19.9 Å². The molecule has 0 bridgehead atoms. The number of aromatic amines is 1. The molecule has 1 N–H and O–H groups in total. The van der Waals surface area contributed by atoms with Crippen molar-refractivity contribution in [2.45, 2.75) is 78.2 Å². The van der Waals surface area contributed by atoms with E-state index >= 15 is 0 Å². The first-order valence-electron chi connectivity index (χ1n) is 13.4. The summed E-state index contributed by atoms with van der Waals surface area (Å²) in [4.78, 5) is 25.6. The van der Waals surface area contributed by atoms with Gasteiger partial charge in [0.05, 0.1) is 12.2 Å². The average molecular weight is 473 g/mol. The molecule has 2 aliphatic heterocycles. The molecule has 5 heteroatoms. The smallest absolute Gasteiger partial charge is 0.236 e. The Balaban J connectivity index is 1.35. The largest absolute Gasteiger partial charge is 0.354 e. The van der Waals surface area contributed by atoms with E-state index in [-0.39, 0.29) is 0 Å². The summed E-state index contributed by atoms with van der Waals surface area (Å²) in [6.07, 6.45) is 4.53. The number of nitrogens with zero attached hydrogens (tertiary/aromatic N) is 3. The number of aryl methyl sites for hydroxylation is 2. The van der Waals surface area contributed by atoms with Crippen LogP contribution in [-0.4, -0.2) is 57.9 Å². The lowest BCUT2D eigenvalue weighted by Crippen LogP contribution is -2.44. The molecule has 1 atom stereocenters. The van der Waals surface area contributed by atoms with Crippen molar-refractivity contribution in [3.63, 3.8) is 0 Å². The van der Waals surface area contributed by atoms with E-state index in [2.05, 4.69) is 84.7 Å². The monoisotopic (exact) mass is 472 g/mol. The number of pyridine rings is 1. The summed E-state index contributed by atoms with van der Waals surface area (Å²) in [6, 6.07) is 11.9. The molecule has 2 aromatic heterocycles. The topological polar surface area (TPSA) is 52.2 Å². The predicted molar refractivity (Wildman–Crippen MR) is 144 cm³/mol. The van der Waals surface area contributed by atoms with Crippen molar-refractivity contribution in [3.05, 3.63) is 52.8 Å². The highest BCUT2D eigenvalue weighted by molar-refractivity contribution is 5.92. The zero-order valence-electron chi connectivity index (χ0n) is 22.0. The molecule has 35 heavy (non-hydrogen) atoms. The lowest BCUT2D eigenvalue weighted by Gasteiger charge is -2.34. The van der Waals surface area contributed by atoms with Crippen molar-refractivity contribution in [2.24, 2.45) is 0 Å². The molecule has 1 amide bonds. The van der Waals surface area contributed by atoms with Gasteiger partial charge in [0, 0.05) is 47.0 Å². The van der Waals surface area contributed by atoms with Crippen molar-refractivity contribution >= 4 is 16.8 Å². The van der Waals surface area contributed by atoms with Gasteiger partial charge in [-0.15, -0.1) is 0 Å². The molecular weight excluding hydrogens is 432 g/mol. The number of nitrogens with one attached hydrogen (secondary N) is 1. The van der Waals surface area contributed by atoms with Crippen LogP contribution in [0.4, 0.5) is 0 Å². The molecule has 5 nitrogen and oxygen atoms in total. The number of rotatable bonds is 5. The molecule has 3 aromatic rings. The van der Waals surface area contributed by atoms with Crippen LogP contribution >= 0.6 is 0 Å². The Hall–Kier alpha value is -2.66. The first kappa shape index (κ1) is 24.1. The molecule has 0 saturated carbocycles. The van der Waals surface area contributed by atoms with Crippen molar-refractivity contribution < 1.29 is 4.79 Å². The quantitative estimate of drug-likeness (QED) is 0.484. The van der Waals surface area contributed by atoms with Gasteiger partial charge in [-0.25, -0.2) is 0 Å². The molecule has 1 aromatic carbocycles. The van der Waals surface area contributed by atoms with Crippen molar-refractivity contribution in [1.82, 2.24) is 19.8 Å². The van der Waals surface area contributed by atoms with Crippen LogP contribution in [0, 0.1) is 13.8 Å². The molecule has 0 radical (unpaired) electrons. The van der Waals surface area contributed by atoms with Gasteiger partial charge in [0.2, 0.25) is 5.91 Å². The molecule has 2 saturated heterocycles. The lowest BCUT2D eigenvalue weighted by molar-refractivity contribution is -0.133. The highest BCUT2D eigenvalue weighted by atomic mass is 16.2. The summed E-state index contributed by atoms with van der Waals surface area (Å²) in [5.41, 5.74) is 8.54. The maximum absolute atomic E-state index is 12.9. The van der Waals surface area contributed by atoms with E-state index in [1.165, 1.54) is 46.1 Å². The Morgan fingerprint density at radius 3 is 2.40 bits per heavy atom. The van der Waals surface area contributed by atoms with E-state index < -0.39 is 0 Å². The van der Waals surface area contributed by atoms with E-state index in [4.69, 9.17) is 0 Å². The van der Waals surface area contributed by atoms with Gasteiger partial charge in [-0.3, -0.25) is 14.7 Å². The highest BCUT2D eigenvalue weighted by Gasteiger charge is 2.28. The van der Waals surface area contributed by atoms with Crippen molar-refractivity contribution in [1.29, 1.82) is 0 Å². The van der Waals surface area contributed by atoms with Gasteiger partial charge >= 0.3 is 0 Å². The molecular formula is C30H40N4O. The second-order valence-electron chi connectivity index (χ2n) is 11.1. The number of hydrogen-bond donors (Lipinski definition) is 1. The van der Waals surface area contributed by atoms with E-state index in [9.17, 15) is 4.79 Å². The number of likely N-dealkylation sites (tertiary alicyclic amines) is 2. The predicted octanol–water partition coefficient (Wildman–Crippen LogP) is 6.16. The van der Waals surface area contributed by atoms with Crippen molar-refractivity contribution in [3.8, 4) is 11.3 Å². The first-order chi connectivity index (χ1) is 16.8. The minimum Gasteiger partial charge on any atom is -0.354 e. The summed E-state index contributed by atoms with van der Waals surface area (Å²) in [6.45, 7) is 14.3. The summed E-state index contributed by atoms with van der Waals surface area (Å²) < 4.78 is 0. The van der Waals surface area contributed by atoms with Crippen LogP contribution in [0.5, 0.6) is 0 Å². The normalized spacial score (nSPS) is 19.8. The molecule has 2 aliphatic rings. The fourth-order valence-corrected chi connectivity index (χ4v) is 6.25. The average Bonchev–Trinajstić information content (AvgIpc) is 3.41. The number of amides is 1. The minimum atomic E-state index is 0.313. The fraction of sp³-hybridized carbons (Fsp3) is 0.533. The minimum absolute atomic E-state index is 0.313. The number of benzene rings is 1. The van der Waals surface area contributed by atoms with Crippen LogP contribution < -0.4 is 0 Å². The molecule has 5 rings (SSSR count). The zero-order valence-corrected chi connectivity index (χ0v) is 22.0. The molecule has 0 spiro atoms. The maximum Gasteiger partial charge on any atom is 0.236 e. The van der Waals surface area contributed by atoms with E-state index in [1.54, 1.807) is 0 Å². The van der Waals surface area contributed by atoms with Gasteiger partial charge in [0.25, 0.3) is 0 Å². The van der Waals surface area contributed by atoms with Crippen LogP contribution in [0.1, 0.15) is 80.8 Å². The number of H-pyrrole nitrogens is 1.